The third kappa shape index (κ3) is 3.26. The van der Waals surface area contributed by atoms with Crippen molar-refractivity contribution in [3.8, 4) is 17.1 Å². The summed E-state index contributed by atoms with van der Waals surface area (Å²) in [5, 5.41) is 4.33. The number of carbonyl (C=O) groups is 1. The van der Waals surface area contributed by atoms with Crippen molar-refractivity contribution in [3.05, 3.63) is 59.4 Å². The number of para-hydroxylation sites is 1. The highest BCUT2D eigenvalue weighted by Gasteiger charge is 2.26. The molecule has 7 nitrogen and oxygen atoms in total. The Morgan fingerprint density at radius 3 is 2.90 bits per heavy atom. The fourth-order valence-electron chi connectivity index (χ4n) is 4.10. The number of hydrogen-bond acceptors (Lipinski definition) is 5. The second-order valence-electron chi connectivity index (χ2n) is 7.72. The van der Waals surface area contributed by atoms with Crippen LogP contribution >= 0.6 is 0 Å². The third-order valence-electron chi connectivity index (χ3n) is 5.55. The van der Waals surface area contributed by atoms with E-state index >= 15 is 0 Å². The number of ether oxygens (including phenoxy) is 1. The molecule has 4 heterocycles. The van der Waals surface area contributed by atoms with Crippen LogP contribution in [0.3, 0.4) is 0 Å². The molecule has 1 amide bonds. The van der Waals surface area contributed by atoms with Gasteiger partial charge in [-0.1, -0.05) is 18.2 Å². The number of aliphatic imine (C=N–C) groups is 1. The predicted octanol–water partition coefficient (Wildman–Crippen LogP) is 3.56. The lowest BCUT2D eigenvalue weighted by atomic mass is 10.1. The van der Waals surface area contributed by atoms with Crippen molar-refractivity contribution >= 4 is 17.4 Å². The third-order valence-corrected chi connectivity index (χ3v) is 5.55. The van der Waals surface area contributed by atoms with Gasteiger partial charge in [-0.25, -0.2) is 4.68 Å². The molecule has 0 aliphatic carbocycles. The van der Waals surface area contributed by atoms with Crippen molar-refractivity contribution in [2.45, 2.75) is 26.2 Å². The van der Waals surface area contributed by atoms with E-state index in [1.165, 1.54) is 5.56 Å². The summed E-state index contributed by atoms with van der Waals surface area (Å²) >= 11 is 0. The Labute approximate surface area is 175 Å². The lowest BCUT2D eigenvalue weighted by Gasteiger charge is -2.20. The molecule has 5 rings (SSSR count). The van der Waals surface area contributed by atoms with Crippen LogP contribution in [0.2, 0.25) is 0 Å². The Morgan fingerprint density at radius 1 is 1.13 bits per heavy atom. The largest absolute Gasteiger partial charge is 0.477 e. The quantitative estimate of drug-likeness (QED) is 0.576. The van der Waals surface area contributed by atoms with E-state index in [2.05, 4.69) is 32.1 Å². The molecule has 0 atom stereocenters. The summed E-state index contributed by atoms with van der Waals surface area (Å²) in [6.07, 6.45) is 4.22. The van der Waals surface area contributed by atoms with E-state index in [1.807, 2.05) is 26.1 Å². The summed E-state index contributed by atoms with van der Waals surface area (Å²) in [5.74, 6) is 1.22. The minimum atomic E-state index is -0.252. The van der Waals surface area contributed by atoms with Gasteiger partial charge < -0.3 is 9.64 Å². The first-order valence-electron chi connectivity index (χ1n) is 10.2. The van der Waals surface area contributed by atoms with E-state index in [4.69, 9.17) is 4.74 Å². The van der Waals surface area contributed by atoms with Crippen molar-refractivity contribution in [2.75, 3.05) is 18.1 Å². The molecule has 1 aromatic carbocycles. The van der Waals surface area contributed by atoms with Crippen molar-refractivity contribution in [3.63, 3.8) is 0 Å². The van der Waals surface area contributed by atoms with E-state index < -0.39 is 0 Å². The molecule has 2 bridgehead atoms. The van der Waals surface area contributed by atoms with Gasteiger partial charge in [0.1, 0.15) is 5.84 Å². The van der Waals surface area contributed by atoms with Gasteiger partial charge >= 0.3 is 0 Å². The van der Waals surface area contributed by atoms with Gasteiger partial charge in [0, 0.05) is 37.0 Å². The number of aromatic nitrogens is 3. The molecule has 3 aromatic rings. The summed E-state index contributed by atoms with van der Waals surface area (Å²) in [6.45, 7) is 3.27. The molecule has 0 saturated carbocycles. The summed E-state index contributed by atoms with van der Waals surface area (Å²) in [7, 11) is 1.85. The summed E-state index contributed by atoms with van der Waals surface area (Å²) in [6, 6.07) is 11.8. The van der Waals surface area contributed by atoms with Gasteiger partial charge in [0.2, 0.25) is 5.88 Å². The van der Waals surface area contributed by atoms with E-state index in [0.717, 1.165) is 42.2 Å². The van der Waals surface area contributed by atoms with E-state index in [-0.39, 0.29) is 5.91 Å². The maximum atomic E-state index is 13.1. The number of pyridine rings is 1. The van der Waals surface area contributed by atoms with Gasteiger partial charge in [-0.05, 0) is 43.5 Å². The van der Waals surface area contributed by atoms with Gasteiger partial charge in [-0.3, -0.25) is 9.78 Å². The van der Waals surface area contributed by atoms with Crippen LogP contribution in [0.25, 0.3) is 11.3 Å². The number of nitrogens with zero attached hydrogens (tertiary/aromatic N) is 5. The van der Waals surface area contributed by atoms with Crippen molar-refractivity contribution in [1.29, 1.82) is 0 Å². The number of carbonyl (C=O) groups excluding carboxylic acids is 1. The molecule has 0 radical (unpaired) electrons. The Balaban J connectivity index is 1.60. The second kappa shape index (κ2) is 7.40. The van der Waals surface area contributed by atoms with Crippen molar-refractivity contribution < 1.29 is 9.53 Å². The Bertz CT molecular complexity index is 1160. The highest BCUT2D eigenvalue weighted by Crippen LogP contribution is 2.32. The number of anilines is 1. The standard InChI is InChI=1S/C23H23N5O2/c1-15-11-17-12-19(25-15)18-14-24-27(2)23(18)30-10-6-5-9-28-20-8-4-3-7-16(20)13-21(28)26-22(17)29/h3-4,7-8,11-12,14H,5-6,9-10,13H2,1-2H3. The average molecular weight is 401 g/mol. The Hall–Kier alpha value is -3.48. The van der Waals surface area contributed by atoms with Gasteiger partial charge in [-0.2, -0.15) is 10.1 Å². The molecule has 30 heavy (non-hydrogen) atoms. The minimum absolute atomic E-state index is 0.252. The molecular formula is C23H23N5O2. The molecule has 0 saturated heterocycles. The first-order valence-corrected chi connectivity index (χ1v) is 10.2. The number of amides is 1. The van der Waals surface area contributed by atoms with Crippen LogP contribution in [-0.2, 0) is 13.5 Å². The van der Waals surface area contributed by atoms with E-state index in [0.29, 0.717) is 30.2 Å². The van der Waals surface area contributed by atoms with Crippen LogP contribution in [0.5, 0.6) is 5.88 Å². The molecular weight excluding hydrogens is 378 g/mol. The van der Waals surface area contributed by atoms with Gasteiger partial charge in [0.15, 0.2) is 0 Å². The number of hydrogen-bond donors (Lipinski definition) is 0. The summed E-state index contributed by atoms with van der Waals surface area (Å²) in [4.78, 5) is 24.4. The van der Waals surface area contributed by atoms with Crippen molar-refractivity contribution in [1.82, 2.24) is 14.8 Å². The zero-order valence-corrected chi connectivity index (χ0v) is 17.1. The normalized spacial score (nSPS) is 16.1. The lowest BCUT2D eigenvalue weighted by molar-refractivity contribution is 0.100. The van der Waals surface area contributed by atoms with Crippen molar-refractivity contribution in [2.24, 2.45) is 12.0 Å². The number of rotatable bonds is 0. The molecule has 0 fully saturated rings. The van der Waals surface area contributed by atoms with Gasteiger partial charge in [0.25, 0.3) is 5.91 Å². The number of benzene rings is 1. The highest BCUT2D eigenvalue weighted by molar-refractivity contribution is 6.12. The maximum absolute atomic E-state index is 13.1. The van der Waals surface area contributed by atoms with Crippen LogP contribution in [-0.4, -0.2) is 39.7 Å². The SMILES string of the molecule is Cc1cc2cc(n1)-c1cnn(C)c1OCCCCN1C(=NC2=O)Cc2ccccc21. The lowest BCUT2D eigenvalue weighted by Crippen LogP contribution is -2.29. The molecule has 152 valence electrons. The maximum Gasteiger partial charge on any atom is 0.278 e. The highest BCUT2D eigenvalue weighted by atomic mass is 16.5. The molecule has 0 spiro atoms. The zero-order chi connectivity index (χ0) is 20.7. The molecule has 2 aliphatic rings. The topological polar surface area (TPSA) is 72.6 Å². The monoisotopic (exact) mass is 401 g/mol. The first-order chi connectivity index (χ1) is 14.6. The van der Waals surface area contributed by atoms with Crippen LogP contribution in [0.4, 0.5) is 5.69 Å². The molecule has 0 unspecified atom stereocenters. The number of amidine groups is 1. The Morgan fingerprint density at radius 2 is 2.00 bits per heavy atom. The Kier molecular flexibility index (Phi) is 4.58. The van der Waals surface area contributed by atoms with Crippen LogP contribution < -0.4 is 9.64 Å². The number of aryl methyl sites for hydroxylation is 2. The second-order valence-corrected chi connectivity index (χ2v) is 7.72. The smallest absolute Gasteiger partial charge is 0.278 e. The van der Waals surface area contributed by atoms with E-state index in [1.54, 1.807) is 23.0 Å². The zero-order valence-electron chi connectivity index (χ0n) is 17.1. The van der Waals surface area contributed by atoms with Gasteiger partial charge in [0.05, 0.1) is 24.1 Å². The van der Waals surface area contributed by atoms with Gasteiger partial charge in [-0.15, -0.1) is 0 Å². The fraction of sp³-hybridized carbons (Fsp3) is 0.304. The van der Waals surface area contributed by atoms with Crippen LogP contribution in [0, 0.1) is 6.92 Å². The fourth-order valence-corrected chi connectivity index (χ4v) is 4.10. The molecule has 0 N–H and O–H groups in total. The molecule has 2 aromatic heterocycles. The first kappa shape index (κ1) is 18.5. The van der Waals surface area contributed by atoms with E-state index in [9.17, 15) is 4.79 Å². The predicted molar refractivity (Wildman–Crippen MR) is 115 cm³/mol. The summed E-state index contributed by atoms with van der Waals surface area (Å²) in [5.41, 5.74) is 5.07. The van der Waals surface area contributed by atoms with Crippen LogP contribution in [0.1, 0.15) is 34.5 Å². The molecule has 2 aliphatic heterocycles. The number of fused-ring (bicyclic) bond motifs is 7. The minimum Gasteiger partial charge on any atom is -0.477 e. The van der Waals surface area contributed by atoms with Crippen LogP contribution in [0.15, 0.2) is 47.6 Å². The summed E-state index contributed by atoms with van der Waals surface area (Å²) < 4.78 is 7.78. The molecule has 7 heteroatoms. The average Bonchev–Trinajstić information content (AvgIpc) is 3.27.